The normalized spacial score (nSPS) is 20.5. The molecule has 0 bridgehead atoms. The van der Waals surface area contributed by atoms with E-state index in [1.807, 2.05) is 36.4 Å². The zero-order valence-corrected chi connectivity index (χ0v) is 20.4. The second kappa shape index (κ2) is 8.74. The van der Waals surface area contributed by atoms with Gasteiger partial charge >= 0.3 is 23.9 Å². The van der Waals surface area contributed by atoms with E-state index < -0.39 is 41.0 Å². The SMILES string of the molecule is COC(=O)C1=C(C(=O)OC)C(C(=O)OC)C2(C(=O)OC)N=C3C=CC=Cc4c(-c5ccccc5)c1n2c43. The van der Waals surface area contributed by atoms with Gasteiger partial charge in [-0.25, -0.2) is 19.4 Å². The number of aromatic nitrogens is 1. The molecule has 0 saturated heterocycles. The fourth-order valence-electron chi connectivity index (χ4n) is 5.29. The highest BCUT2D eigenvalue weighted by molar-refractivity contribution is 6.29. The quantitative estimate of drug-likeness (QED) is 0.451. The average Bonchev–Trinajstić information content (AvgIpc) is 3.37. The van der Waals surface area contributed by atoms with Crippen molar-refractivity contribution >= 4 is 41.2 Å². The molecule has 2 unspecified atom stereocenters. The Labute approximate surface area is 211 Å². The molecular weight excluding hydrogens is 480 g/mol. The van der Waals surface area contributed by atoms with Crippen LogP contribution in [0.2, 0.25) is 0 Å². The minimum atomic E-state index is -2.12. The van der Waals surface area contributed by atoms with Crippen molar-refractivity contribution < 1.29 is 38.1 Å². The number of nitrogens with zero attached hydrogens (tertiary/aromatic N) is 2. The Morgan fingerprint density at radius 2 is 1.51 bits per heavy atom. The van der Waals surface area contributed by atoms with Crippen molar-refractivity contribution in [2.24, 2.45) is 10.9 Å². The van der Waals surface area contributed by atoms with Crippen molar-refractivity contribution in [1.82, 2.24) is 4.57 Å². The molecule has 10 heteroatoms. The Morgan fingerprint density at radius 1 is 0.838 bits per heavy atom. The fourth-order valence-corrected chi connectivity index (χ4v) is 5.29. The van der Waals surface area contributed by atoms with Crippen molar-refractivity contribution in [3.05, 3.63) is 71.1 Å². The van der Waals surface area contributed by atoms with Gasteiger partial charge in [0.2, 0.25) is 0 Å². The lowest BCUT2D eigenvalue weighted by molar-refractivity contribution is -0.164. The molecule has 0 amide bonds. The molecule has 1 aromatic carbocycles. The third-order valence-electron chi connectivity index (χ3n) is 6.69. The number of allylic oxidation sites excluding steroid dienone is 3. The molecule has 3 heterocycles. The van der Waals surface area contributed by atoms with E-state index in [0.717, 1.165) is 28.4 Å². The first kappa shape index (κ1) is 24.0. The minimum Gasteiger partial charge on any atom is -0.468 e. The lowest BCUT2D eigenvalue weighted by Gasteiger charge is -2.38. The zero-order chi connectivity index (χ0) is 26.5. The number of hydrogen-bond donors (Lipinski definition) is 0. The maximum atomic E-state index is 13.7. The first-order valence-corrected chi connectivity index (χ1v) is 11.2. The Hall–Kier alpha value is -4.73. The summed E-state index contributed by atoms with van der Waals surface area (Å²) >= 11 is 0. The number of carbonyl (C=O) groups is 4. The Morgan fingerprint density at radius 3 is 2.14 bits per heavy atom. The number of rotatable bonds is 5. The average molecular weight is 502 g/mol. The van der Waals surface area contributed by atoms with E-state index in [-0.39, 0.29) is 11.3 Å². The molecule has 0 fully saturated rings. The van der Waals surface area contributed by atoms with Gasteiger partial charge in [0.1, 0.15) is 5.92 Å². The third kappa shape index (κ3) is 3.08. The highest BCUT2D eigenvalue weighted by Gasteiger charge is 2.65. The Bertz CT molecular complexity index is 1490. The largest absolute Gasteiger partial charge is 0.468 e. The number of benzene rings is 1. The van der Waals surface area contributed by atoms with Crippen molar-refractivity contribution in [3.63, 3.8) is 0 Å². The molecule has 0 radical (unpaired) electrons. The van der Waals surface area contributed by atoms with E-state index in [0.29, 0.717) is 28.1 Å². The van der Waals surface area contributed by atoms with Crippen LogP contribution in [-0.2, 0) is 43.8 Å². The van der Waals surface area contributed by atoms with Crippen LogP contribution in [0.5, 0.6) is 0 Å². The molecule has 0 saturated carbocycles. The first-order chi connectivity index (χ1) is 17.9. The predicted molar refractivity (Wildman–Crippen MR) is 131 cm³/mol. The third-order valence-corrected chi connectivity index (χ3v) is 6.69. The summed E-state index contributed by atoms with van der Waals surface area (Å²) < 4.78 is 21.8. The van der Waals surface area contributed by atoms with Gasteiger partial charge in [0.15, 0.2) is 0 Å². The van der Waals surface area contributed by atoms with Crippen LogP contribution in [0.25, 0.3) is 22.8 Å². The number of hydrogen-bond acceptors (Lipinski definition) is 9. The summed E-state index contributed by atoms with van der Waals surface area (Å²) in [4.78, 5) is 58.5. The minimum absolute atomic E-state index is 0.174. The van der Waals surface area contributed by atoms with Gasteiger partial charge in [-0.15, -0.1) is 0 Å². The molecule has 2 atom stereocenters. The molecule has 1 aliphatic carbocycles. The zero-order valence-electron chi connectivity index (χ0n) is 20.4. The van der Waals surface area contributed by atoms with Crippen LogP contribution < -0.4 is 0 Å². The monoisotopic (exact) mass is 502 g/mol. The van der Waals surface area contributed by atoms with Gasteiger partial charge in [-0.2, -0.15) is 0 Å². The van der Waals surface area contributed by atoms with E-state index in [9.17, 15) is 19.2 Å². The Balaban J connectivity index is 2.08. The molecule has 10 nitrogen and oxygen atoms in total. The second-order valence-corrected chi connectivity index (χ2v) is 8.35. The maximum Gasteiger partial charge on any atom is 0.356 e. The molecular formula is C27H22N2O8. The van der Waals surface area contributed by atoms with Crippen LogP contribution in [0.15, 0.2) is 59.1 Å². The van der Waals surface area contributed by atoms with Crippen molar-refractivity contribution in [2.75, 3.05) is 28.4 Å². The summed E-state index contributed by atoms with van der Waals surface area (Å²) in [5, 5.41) is 0. The van der Waals surface area contributed by atoms with E-state index in [2.05, 4.69) is 0 Å². The van der Waals surface area contributed by atoms with Gasteiger partial charge in [-0.1, -0.05) is 48.6 Å². The van der Waals surface area contributed by atoms with E-state index in [1.54, 1.807) is 18.2 Å². The predicted octanol–water partition coefficient (Wildman–Crippen LogP) is 2.27. The molecule has 37 heavy (non-hydrogen) atoms. The molecule has 2 aliphatic heterocycles. The molecule has 1 aromatic heterocycles. The smallest absolute Gasteiger partial charge is 0.356 e. The number of aliphatic imine (C=N–C) groups is 1. The van der Waals surface area contributed by atoms with Gasteiger partial charge in [-0.05, 0) is 11.6 Å². The van der Waals surface area contributed by atoms with Crippen molar-refractivity contribution in [1.29, 1.82) is 0 Å². The molecule has 5 rings (SSSR count). The van der Waals surface area contributed by atoms with Gasteiger partial charge in [-0.3, -0.25) is 4.79 Å². The highest BCUT2D eigenvalue weighted by Crippen LogP contribution is 2.54. The molecule has 188 valence electrons. The summed E-state index contributed by atoms with van der Waals surface area (Å²) in [7, 11) is 4.53. The van der Waals surface area contributed by atoms with Crippen LogP contribution in [0.4, 0.5) is 0 Å². The van der Waals surface area contributed by atoms with Crippen molar-refractivity contribution in [3.8, 4) is 11.1 Å². The van der Waals surface area contributed by atoms with Crippen LogP contribution >= 0.6 is 0 Å². The summed E-state index contributed by atoms with van der Waals surface area (Å²) in [6, 6.07) is 9.15. The van der Waals surface area contributed by atoms with Gasteiger partial charge in [0.25, 0.3) is 5.66 Å². The van der Waals surface area contributed by atoms with Crippen molar-refractivity contribution in [2.45, 2.75) is 5.66 Å². The summed E-state index contributed by atoms with van der Waals surface area (Å²) in [6.45, 7) is 0. The van der Waals surface area contributed by atoms with E-state index >= 15 is 0 Å². The molecule has 3 aliphatic rings. The fraction of sp³-hybridized carbons (Fsp3) is 0.222. The van der Waals surface area contributed by atoms with Gasteiger partial charge in [0, 0.05) is 11.1 Å². The lowest BCUT2D eigenvalue weighted by Crippen LogP contribution is -2.54. The van der Waals surface area contributed by atoms with Gasteiger partial charge in [0.05, 0.1) is 56.7 Å². The number of carbonyl (C=O) groups excluding carboxylic acids is 4. The topological polar surface area (TPSA) is 122 Å². The summed E-state index contributed by atoms with van der Waals surface area (Å²) in [5.74, 6) is -5.54. The summed E-state index contributed by atoms with van der Waals surface area (Å²) in [6.07, 6.45) is 7.03. The first-order valence-electron chi connectivity index (χ1n) is 11.2. The molecule has 2 aromatic rings. The number of ether oxygens (including phenoxy) is 4. The lowest BCUT2D eigenvalue weighted by atomic mass is 9.77. The number of methoxy groups -OCH3 is 4. The Kier molecular flexibility index (Phi) is 5.66. The van der Waals surface area contributed by atoms with E-state index in [4.69, 9.17) is 23.9 Å². The second-order valence-electron chi connectivity index (χ2n) is 8.35. The van der Waals surface area contributed by atoms with Crippen LogP contribution in [0.1, 0.15) is 17.0 Å². The van der Waals surface area contributed by atoms with Gasteiger partial charge < -0.3 is 23.5 Å². The summed E-state index contributed by atoms with van der Waals surface area (Å²) in [5.41, 5.74) is 0.109. The van der Waals surface area contributed by atoms with E-state index in [1.165, 1.54) is 4.57 Å². The molecule has 0 N–H and O–H groups in total. The molecule has 0 spiro atoms. The van der Waals surface area contributed by atoms with Crippen LogP contribution in [0, 0.1) is 5.92 Å². The highest BCUT2D eigenvalue weighted by atomic mass is 16.5. The number of esters is 4. The maximum absolute atomic E-state index is 13.7. The van der Waals surface area contributed by atoms with Crippen LogP contribution in [-0.4, -0.2) is 62.6 Å². The standard InChI is InChI=1S/C27H22N2O8/c1-34-23(30)18-19(24(31)35-2)22-17(14-10-6-5-7-11-14)15-12-8-9-13-16-21(15)29(22)27(28-16,26(33)37-4)20(18)25(32)36-3/h5-13,20H,1-4H3. The van der Waals surface area contributed by atoms with Crippen LogP contribution in [0.3, 0.4) is 0 Å².